The Labute approximate surface area is 271 Å². The van der Waals surface area contributed by atoms with Crippen LogP contribution in [0.1, 0.15) is 95.7 Å². The Bertz CT molecular complexity index is 1440. The molecule has 8 heteroatoms. The zero-order chi connectivity index (χ0) is 31.4. The number of aromatic nitrogens is 3. The molecule has 0 saturated heterocycles. The van der Waals surface area contributed by atoms with E-state index in [-0.39, 0.29) is 65.1 Å². The van der Waals surface area contributed by atoms with E-state index in [1.807, 2.05) is 30.3 Å². The lowest BCUT2D eigenvalue weighted by Gasteiger charge is -2.46. The molecule has 0 spiro atoms. The second-order valence-corrected chi connectivity index (χ2v) is 15.2. The lowest BCUT2D eigenvalue weighted by atomic mass is 9.55. The third kappa shape index (κ3) is 5.24. The summed E-state index contributed by atoms with van der Waals surface area (Å²) in [4.78, 5) is 70.0. The van der Waals surface area contributed by atoms with E-state index in [4.69, 9.17) is 15.0 Å². The third-order valence-electron chi connectivity index (χ3n) is 12.8. The lowest BCUT2D eigenvalue weighted by molar-refractivity contribution is -0.153. The lowest BCUT2D eigenvalue weighted by Crippen LogP contribution is -2.55. The molecule has 6 aliphatic carbocycles. The molecule has 6 saturated carbocycles. The summed E-state index contributed by atoms with van der Waals surface area (Å²) in [6.07, 6.45) is 13.2. The maximum absolute atomic E-state index is 14.0. The molecule has 8 nitrogen and oxygen atoms in total. The standard InChI is InChI=1S/C38H46N4O4/c43-33-23-13-4-6-15-25(23)35(45)31-22(12-8-17-27(31)33)20-30-40-37(21-10-2-1-3-11-21)42-38(41-30)39-29-19-9-18-28-32(29)36(46)26-16-7-5-14-24(26)34(28)44/h1-3,10-11,22-29,31-32H,4-9,12-20H2,(H,39,40,41,42). The van der Waals surface area contributed by atoms with E-state index in [2.05, 4.69) is 5.32 Å². The van der Waals surface area contributed by atoms with Crippen molar-refractivity contribution in [1.82, 2.24) is 15.0 Å². The number of nitrogens with zero attached hydrogens (tertiary/aromatic N) is 3. The van der Waals surface area contributed by atoms with Gasteiger partial charge in [0.05, 0.1) is 0 Å². The molecule has 10 unspecified atom stereocenters. The summed E-state index contributed by atoms with van der Waals surface area (Å²) in [5.74, 6) is 1.47. The van der Waals surface area contributed by atoms with Crippen molar-refractivity contribution in [2.45, 2.75) is 102 Å². The van der Waals surface area contributed by atoms with Gasteiger partial charge in [-0.3, -0.25) is 19.2 Å². The van der Waals surface area contributed by atoms with Gasteiger partial charge in [-0.2, -0.15) is 9.97 Å². The van der Waals surface area contributed by atoms with Gasteiger partial charge < -0.3 is 5.32 Å². The fraction of sp³-hybridized carbons (Fsp3) is 0.658. The topological polar surface area (TPSA) is 119 Å². The molecule has 0 amide bonds. The smallest absolute Gasteiger partial charge is 0.226 e. The number of rotatable bonds is 5. The number of carbonyl (C=O) groups excluding carboxylic acids is 4. The number of carbonyl (C=O) groups is 4. The summed E-state index contributed by atoms with van der Waals surface area (Å²) in [7, 11) is 0. The van der Waals surface area contributed by atoms with E-state index < -0.39 is 0 Å². The van der Waals surface area contributed by atoms with Crippen LogP contribution >= 0.6 is 0 Å². The predicted octanol–water partition coefficient (Wildman–Crippen LogP) is 6.23. The number of Topliss-reactive ketones (excluding diaryl/α,β-unsaturated/α-hetero) is 4. The van der Waals surface area contributed by atoms with E-state index >= 15 is 0 Å². The normalized spacial score (nSPS) is 37.5. The quantitative estimate of drug-likeness (QED) is 0.417. The molecule has 6 fully saturated rings. The van der Waals surface area contributed by atoms with Crippen molar-refractivity contribution >= 4 is 29.1 Å². The summed E-state index contributed by atoms with van der Waals surface area (Å²) in [6.45, 7) is 0. The van der Waals surface area contributed by atoms with Crippen LogP contribution in [0, 0.1) is 53.3 Å². The predicted molar refractivity (Wildman–Crippen MR) is 172 cm³/mol. The first-order chi connectivity index (χ1) is 22.5. The first-order valence-corrected chi connectivity index (χ1v) is 18.2. The van der Waals surface area contributed by atoms with Crippen LogP contribution in [0.25, 0.3) is 11.4 Å². The zero-order valence-corrected chi connectivity index (χ0v) is 26.7. The summed E-state index contributed by atoms with van der Waals surface area (Å²) in [6, 6.07) is 9.65. The highest BCUT2D eigenvalue weighted by molar-refractivity contribution is 6.01. The minimum atomic E-state index is -0.339. The maximum Gasteiger partial charge on any atom is 0.226 e. The van der Waals surface area contributed by atoms with Crippen molar-refractivity contribution in [2.75, 3.05) is 5.32 Å². The van der Waals surface area contributed by atoms with Crippen molar-refractivity contribution in [3.63, 3.8) is 0 Å². The zero-order valence-electron chi connectivity index (χ0n) is 26.7. The molecule has 10 atom stereocenters. The van der Waals surface area contributed by atoms with E-state index in [9.17, 15) is 19.2 Å². The summed E-state index contributed by atoms with van der Waals surface area (Å²) in [5.41, 5.74) is 0.875. The number of nitrogens with one attached hydrogen (secondary N) is 1. The largest absolute Gasteiger partial charge is 0.351 e. The van der Waals surface area contributed by atoms with Crippen LogP contribution in [0.2, 0.25) is 0 Å². The van der Waals surface area contributed by atoms with Gasteiger partial charge in [0.2, 0.25) is 5.95 Å². The molecule has 8 rings (SSSR count). The molecule has 1 aromatic carbocycles. The van der Waals surface area contributed by atoms with Gasteiger partial charge in [-0.05, 0) is 57.3 Å². The van der Waals surface area contributed by atoms with Gasteiger partial charge in [-0.15, -0.1) is 0 Å². The number of hydrogen-bond donors (Lipinski definition) is 1. The van der Waals surface area contributed by atoms with E-state index in [0.29, 0.717) is 41.4 Å². The van der Waals surface area contributed by atoms with Crippen LogP contribution in [0.5, 0.6) is 0 Å². The number of ketones is 4. The first-order valence-electron chi connectivity index (χ1n) is 18.2. The van der Waals surface area contributed by atoms with Crippen molar-refractivity contribution in [3.05, 3.63) is 36.2 Å². The van der Waals surface area contributed by atoms with Crippen molar-refractivity contribution in [2.24, 2.45) is 53.3 Å². The van der Waals surface area contributed by atoms with Gasteiger partial charge in [0, 0.05) is 65.4 Å². The monoisotopic (exact) mass is 622 g/mol. The Kier molecular flexibility index (Phi) is 8.10. The number of fused-ring (bicyclic) bond motifs is 4. The molecule has 2 aromatic rings. The molecule has 6 aliphatic rings. The van der Waals surface area contributed by atoms with Gasteiger partial charge in [-0.1, -0.05) is 68.9 Å². The third-order valence-corrected chi connectivity index (χ3v) is 12.8. The maximum atomic E-state index is 14.0. The highest BCUT2D eigenvalue weighted by atomic mass is 16.2. The van der Waals surface area contributed by atoms with Crippen LogP contribution in [0.4, 0.5) is 5.95 Å². The molecule has 0 radical (unpaired) electrons. The molecule has 1 N–H and O–H groups in total. The second-order valence-electron chi connectivity index (χ2n) is 15.2. The van der Waals surface area contributed by atoms with E-state index in [1.54, 1.807) is 0 Å². The van der Waals surface area contributed by atoms with Crippen LogP contribution < -0.4 is 5.32 Å². The Morgan fingerprint density at radius 3 is 1.74 bits per heavy atom. The van der Waals surface area contributed by atoms with Gasteiger partial charge in [0.25, 0.3) is 0 Å². The molecule has 1 heterocycles. The Balaban J connectivity index is 1.10. The van der Waals surface area contributed by atoms with E-state index in [0.717, 1.165) is 95.5 Å². The average Bonchev–Trinajstić information content (AvgIpc) is 3.10. The Hall–Kier alpha value is -3.29. The first kappa shape index (κ1) is 30.1. The Morgan fingerprint density at radius 1 is 0.543 bits per heavy atom. The Morgan fingerprint density at radius 2 is 1.09 bits per heavy atom. The van der Waals surface area contributed by atoms with Crippen LogP contribution in [-0.4, -0.2) is 44.1 Å². The van der Waals surface area contributed by atoms with E-state index in [1.165, 1.54) is 0 Å². The molecule has 242 valence electrons. The average molecular weight is 623 g/mol. The highest BCUT2D eigenvalue weighted by Crippen LogP contribution is 2.49. The van der Waals surface area contributed by atoms with Gasteiger partial charge >= 0.3 is 0 Å². The summed E-state index contributed by atoms with van der Waals surface area (Å²) < 4.78 is 0. The highest BCUT2D eigenvalue weighted by Gasteiger charge is 2.54. The number of benzene rings is 1. The summed E-state index contributed by atoms with van der Waals surface area (Å²) in [5, 5.41) is 3.57. The fourth-order valence-electron chi connectivity index (χ4n) is 10.7. The fourth-order valence-corrected chi connectivity index (χ4v) is 10.7. The molecule has 0 aliphatic heterocycles. The molecule has 1 aromatic heterocycles. The molecule has 46 heavy (non-hydrogen) atoms. The minimum absolute atomic E-state index is 0.0248. The van der Waals surface area contributed by atoms with Gasteiger partial charge in [-0.25, -0.2) is 4.98 Å². The van der Waals surface area contributed by atoms with Crippen LogP contribution in [0.15, 0.2) is 30.3 Å². The second kappa shape index (κ2) is 12.4. The minimum Gasteiger partial charge on any atom is -0.351 e. The van der Waals surface area contributed by atoms with Crippen LogP contribution in [-0.2, 0) is 25.6 Å². The van der Waals surface area contributed by atoms with Gasteiger partial charge in [0.1, 0.15) is 29.0 Å². The van der Waals surface area contributed by atoms with Gasteiger partial charge in [0.15, 0.2) is 5.82 Å². The SMILES string of the molecule is O=C1C2CCCCC2C(=O)C2C(Cc3nc(NC4CCCC5C(=O)C6CCCCC6C(=O)C45)nc(-c4ccccc4)n3)CCCC12. The van der Waals surface area contributed by atoms with Crippen LogP contribution in [0.3, 0.4) is 0 Å². The molecular formula is C38H46N4O4. The molecule has 0 bridgehead atoms. The number of anilines is 1. The van der Waals surface area contributed by atoms with Crippen molar-refractivity contribution in [3.8, 4) is 11.4 Å². The van der Waals surface area contributed by atoms with Crippen molar-refractivity contribution in [1.29, 1.82) is 0 Å². The molecular weight excluding hydrogens is 576 g/mol. The number of hydrogen-bond acceptors (Lipinski definition) is 8. The summed E-state index contributed by atoms with van der Waals surface area (Å²) >= 11 is 0. The van der Waals surface area contributed by atoms with Crippen molar-refractivity contribution < 1.29 is 19.2 Å².